The summed E-state index contributed by atoms with van der Waals surface area (Å²) in [5, 5.41) is 5.71. The average molecular weight is 478 g/mol. The van der Waals surface area contributed by atoms with Crippen molar-refractivity contribution < 1.29 is 19.1 Å². The highest BCUT2D eigenvalue weighted by molar-refractivity contribution is 7.80. The maximum atomic E-state index is 13.1. The van der Waals surface area contributed by atoms with Gasteiger partial charge in [0.1, 0.15) is 12.4 Å². The van der Waals surface area contributed by atoms with Gasteiger partial charge >= 0.3 is 0 Å². The van der Waals surface area contributed by atoms with Crippen molar-refractivity contribution in [2.24, 2.45) is 0 Å². The minimum Gasteiger partial charge on any atom is -0.491 e. The first-order valence-corrected chi connectivity index (χ1v) is 11.1. The zero-order valence-corrected chi connectivity index (χ0v) is 19.9. The number of carbonyl (C=O) groups excluding carboxylic acids is 2. The fourth-order valence-corrected chi connectivity index (χ4v) is 3.39. The van der Waals surface area contributed by atoms with Crippen molar-refractivity contribution >= 4 is 34.8 Å². The molecule has 0 aliphatic carbocycles. The van der Waals surface area contributed by atoms with Gasteiger partial charge in [0, 0.05) is 26.3 Å². The molecule has 0 spiro atoms. The smallest absolute Gasteiger partial charge is 0.257 e. The molecule has 0 radical (unpaired) electrons. The third-order valence-corrected chi connectivity index (χ3v) is 5.12. The Labute approximate surface area is 204 Å². The molecule has 0 fully saturated rings. The summed E-state index contributed by atoms with van der Waals surface area (Å²) in [5.41, 5.74) is 2.42. The van der Waals surface area contributed by atoms with Crippen molar-refractivity contribution in [2.45, 2.75) is 6.54 Å². The summed E-state index contributed by atoms with van der Waals surface area (Å²) >= 11 is 5.32. The van der Waals surface area contributed by atoms with Gasteiger partial charge in [-0.05, 0) is 54.2 Å². The molecular weight excluding hydrogens is 450 g/mol. The lowest BCUT2D eigenvalue weighted by atomic mass is 10.1. The lowest BCUT2D eigenvalue weighted by Gasteiger charge is -2.20. The Bertz CT molecular complexity index is 1120. The summed E-state index contributed by atoms with van der Waals surface area (Å²) in [4.78, 5) is 27.3. The first-order chi connectivity index (χ1) is 16.5. The van der Waals surface area contributed by atoms with Gasteiger partial charge in [0.05, 0.1) is 17.9 Å². The second-order valence-electron chi connectivity index (χ2n) is 7.47. The standard InChI is InChI=1S/C26H27N3O4S/c1-29(18-19-8-4-3-5-9-19)25(31)22-10-6-7-11-23(22)27-26(34)28-24(30)20-12-14-21(15-13-20)33-17-16-32-2/h3-15H,16-18H2,1-2H3,(H2,27,28,30,34). The van der Waals surface area contributed by atoms with Crippen molar-refractivity contribution in [1.82, 2.24) is 10.2 Å². The maximum Gasteiger partial charge on any atom is 0.257 e. The van der Waals surface area contributed by atoms with E-state index < -0.39 is 0 Å². The summed E-state index contributed by atoms with van der Waals surface area (Å²) in [6.07, 6.45) is 0. The number of hydrogen-bond acceptors (Lipinski definition) is 5. The number of hydrogen-bond donors (Lipinski definition) is 2. The Morgan fingerprint density at radius 2 is 1.59 bits per heavy atom. The Hall–Kier alpha value is -3.75. The van der Waals surface area contributed by atoms with Crippen LogP contribution in [0.3, 0.4) is 0 Å². The van der Waals surface area contributed by atoms with E-state index in [9.17, 15) is 9.59 Å². The number of nitrogens with zero attached hydrogens (tertiary/aromatic N) is 1. The Morgan fingerprint density at radius 3 is 2.29 bits per heavy atom. The van der Waals surface area contributed by atoms with Gasteiger partial charge in [-0.25, -0.2) is 0 Å². The molecule has 2 N–H and O–H groups in total. The number of rotatable bonds is 9. The molecule has 3 rings (SSSR count). The molecule has 2 amide bonds. The van der Waals surface area contributed by atoms with E-state index >= 15 is 0 Å². The topological polar surface area (TPSA) is 79.9 Å². The monoisotopic (exact) mass is 477 g/mol. The van der Waals surface area contributed by atoms with E-state index in [1.54, 1.807) is 67.6 Å². The minimum atomic E-state index is -0.369. The van der Waals surface area contributed by atoms with Gasteiger partial charge < -0.3 is 19.7 Å². The lowest BCUT2D eigenvalue weighted by Crippen LogP contribution is -2.35. The second kappa shape index (κ2) is 12.5. The van der Waals surface area contributed by atoms with E-state index in [0.717, 1.165) is 5.56 Å². The molecule has 8 heteroatoms. The molecule has 0 unspecified atom stereocenters. The van der Waals surface area contributed by atoms with Crippen LogP contribution in [0.2, 0.25) is 0 Å². The zero-order chi connectivity index (χ0) is 24.3. The summed E-state index contributed by atoms with van der Waals surface area (Å²) in [5.74, 6) is 0.109. The van der Waals surface area contributed by atoms with E-state index in [4.69, 9.17) is 21.7 Å². The molecule has 3 aromatic rings. The van der Waals surface area contributed by atoms with Crippen LogP contribution in [0.5, 0.6) is 5.75 Å². The van der Waals surface area contributed by atoms with Crippen LogP contribution in [0, 0.1) is 0 Å². The first kappa shape index (κ1) is 24.9. The number of ether oxygens (including phenoxy) is 2. The van der Waals surface area contributed by atoms with Gasteiger partial charge in [-0.1, -0.05) is 42.5 Å². The molecule has 7 nitrogen and oxygen atoms in total. The predicted octanol–water partition coefficient (Wildman–Crippen LogP) is 4.11. The van der Waals surface area contributed by atoms with Gasteiger partial charge in [0.25, 0.3) is 11.8 Å². The highest BCUT2D eigenvalue weighted by Gasteiger charge is 2.17. The molecule has 176 valence electrons. The Morgan fingerprint density at radius 1 is 0.912 bits per heavy atom. The number of benzene rings is 3. The van der Waals surface area contributed by atoms with Gasteiger partial charge in [-0.2, -0.15) is 0 Å². The molecule has 0 aliphatic rings. The number of amides is 2. The van der Waals surface area contributed by atoms with E-state index in [2.05, 4.69) is 10.6 Å². The predicted molar refractivity (Wildman–Crippen MR) is 136 cm³/mol. The minimum absolute atomic E-state index is 0.0939. The van der Waals surface area contributed by atoms with Crippen molar-refractivity contribution in [3.05, 3.63) is 95.6 Å². The summed E-state index contributed by atoms with van der Waals surface area (Å²) in [7, 11) is 3.35. The van der Waals surface area contributed by atoms with Crippen LogP contribution >= 0.6 is 12.2 Å². The maximum absolute atomic E-state index is 13.1. The quantitative estimate of drug-likeness (QED) is 0.357. The molecule has 0 atom stereocenters. The Kier molecular flexibility index (Phi) is 9.13. The average Bonchev–Trinajstić information content (AvgIpc) is 2.85. The number of anilines is 1. The molecule has 0 saturated carbocycles. The van der Waals surface area contributed by atoms with Crippen LogP contribution in [-0.2, 0) is 11.3 Å². The lowest BCUT2D eigenvalue weighted by molar-refractivity contribution is 0.0786. The van der Waals surface area contributed by atoms with E-state index in [1.807, 2.05) is 30.3 Å². The summed E-state index contributed by atoms with van der Waals surface area (Å²) in [6.45, 7) is 1.38. The first-order valence-electron chi connectivity index (χ1n) is 10.7. The van der Waals surface area contributed by atoms with Crippen LogP contribution in [0.25, 0.3) is 0 Å². The fraction of sp³-hybridized carbons (Fsp3) is 0.192. The van der Waals surface area contributed by atoms with Crippen LogP contribution in [-0.4, -0.2) is 49.2 Å². The van der Waals surface area contributed by atoms with Crippen molar-refractivity contribution in [2.75, 3.05) is 32.7 Å². The molecule has 3 aromatic carbocycles. The molecule has 0 aromatic heterocycles. The van der Waals surface area contributed by atoms with Gasteiger partial charge in [-0.3, -0.25) is 14.9 Å². The van der Waals surface area contributed by atoms with Crippen LogP contribution in [0.1, 0.15) is 26.3 Å². The third kappa shape index (κ3) is 7.13. The third-order valence-electron chi connectivity index (χ3n) is 4.91. The van der Waals surface area contributed by atoms with Crippen molar-refractivity contribution in [3.63, 3.8) is 0 Å². The van der Waals surface area contributed by atoms with Crippen LogP contribution in [0.4, 0.5) is 5.69 Å². The summed E-state index contributed by atoms with van der Waals surface area (Å²) < 4.78 is 10.4. The number of para-hydroxylation sites is 1. The van der Waals surface area contributed by atoms with Crippen LogP contribution < -0.4 is 15.4 Å². The summed E-state index contributed by atoms with van der Waals surface area (Å²) in [6, 6.07) is 23.5. The number of thiocarbonyl (C=S) groups is 1. The van der Waals surface area contributed by atoms with Crippen LogP contribution in [0.15, 0.2) is 78.9 Å². The largest absolute Gasteiger partial charge is 0.491 e. The SMILES string of the molecule is COCCOc1ccc(C(=O)NC(=S)Nc2ccccc2C(=O)N(C)Cc2ccccc2)cc1. The number of nitrogens with one attached hydrogen (secondary N) is 2. The van der Waals surface area contributed by atoms with Gasteiger partial charge in [0.2, 0.25) is 0 Å². The molecule has 0 heterocycles. The number of carbonyl (C=O) groups is 2. The van der Waals surface area contributed by atoms with Gasteiger partial charge in [-0.15, -0.1) is 0 Å². The van der Waals surface area contributed by atoms with E-state index in [-0.39, 0.29) is 16.9 Å². The molecule has 34 heavy (non-hydrogen) atoms. The highest BCUT2D eigenvalue weighted by atomic mass is 32.1. The van der Waals surface area contributed by atoms with E-state index in [1.165, 1.54) is 0 Å². The van der Waals surface area contributed by atoms with Crippen molar-refractivity contribution in [1.29, 1.82) is 0 Å². The fourth-order valence-electron chi connectivity index (χ4n) is 3.19. The highest BCUT2D eigenvalue weighted by Crippen LogP contribution is 2.18. The zero-order valence-electron chi connectivity index (χ0n) is 19.1. The van der Waals surface area contributed by atoms with Gasteiger partial charge in [0.15, 0.2) is 5.11 Å². The molecule has 0 bridgehead atoms. The second-order valence-corrected chi connectivity index (χ2v) is 7.87. The molecule has 0 aliphatic heterocycles. The Balaban J connectivity index is 1.60. The molecule has 0 saturated heterocycles. The van der Waals surface area contributed by atoms with E-state index in [0.29, 0.717) is 42.3 Å². The normalized spacial score (nSPS) is 10.3. The molecular formula is C26H27N3O4S. The number of methoxy groups -OCH3 is 1. The van der Waals surface area contributed by atoms with Crippen molar-refractivity contribution in [3.8, 4) is 5.75 Å².